The number of hydrogen-bond acceptors (Lipinski definition) is 3. The lowest BCUT2D eigenvalue weighted by Crippen LogP contribution is -2.35. The van der Waals surface area contributed by atoms with E-state index in [2.05, 4.69) is 40.7 Å². The lowest BCUT2D eigenvalue weighted by Gasteiger charge is -2.22. The van der Waals surface area contributed by atoms with Gasteiger partial charge in [0.25, 0.3) is 0 Å². The van der Waals surface area contributed by atoms with Crippen molar-refractivity contribution in [3.05, 3.63) is 52.0 Å². The summed E-state index contributed by atoms with van der Waals surface area (Å²) in [5.74, 6) is 0.957. The Kier molecular flexibility index (Phi) is 8.54. The van der Waals surface area contributed by atoms with Gasteiger partial charge < -0.3 is 9.80 Å². The summed E-state index contributed by atoms with van der Waals surface area (Å²) in [6.07, 6.45) is 2.03. The first-order chi connectivity index (χ1) is 10.6. The molecule has 4 nitrogen and oxygen atoms in total. The molecule has 0 aliphatic heterocycles. The second-order valence-electron chi connectivity index (χ2n) is 5.62. The zero-order valence-corrected chi connectivity index (χ0v) is 17.3. The molecule has 0 aliphatic carbocycles. The molecule has 126 valence electrons. The maximum absolute atomic E-state index is 4.69. The van der Waals surface area contributed by atoms with Crippen molar-refractivity contribution in [3.63, 3.8) is 0 Å². The van der Waals surface area contributed by atoms with Gasteiger partial charge in [0.15, 0.2) is 5.96 Å². The van der Waals surface area contributed by atoms with Gasteiger partial charge >= 0.3 is 0 Å². The fourth-order valence-corrected chi connectivity index (χ4v) is 3.06. The van der Waals surface area contributed by atoms with Crippen molar-refractivity contribution >= 4 is 41.3 Å². The van der Waals surface area contributed by atoms with Crippen LogP contribution in [0.2, 0.25) is 0 Å². The molecular formula is C17H25IN4S. The maximum Gasteiger partial charge on any atom is 0.195 e. The van der Waals surface area contributed by atoms with Crippen LogP contribution in [0.4, 0.5) is 0 Å². The van der Waals surface area contributed by atoms with E-state index in [9.17, 15) is 0 Å². The fourth-order valence-electron chi connectivity index (χ4n) is 2.27. The topological polar surface area (TPSA) is 31.7 Å². The minimum absolute atomic E-state index is 0. The molecule has 0 N–H and O–H groups in total. The number of rotatable bonds is 5. The number of aliphatic imine (C=N–C) groups is 1. The molecule has 23 heavy (non-hydrogen) atoms. The number of hydrogen-bond donors (Lipinski definition) is 0. The van der Waals surface area contributed by atoms with Gasteiger partial charge in [-0.1, -0.05) is 30.3 Å². The van der Waals surface area contributed by atoms with Crippen molar-refractivity contribution in [1.29, 1.82) is 0 Å². The van der Waals surface area contributed by atoms with E-state index < -0.39 is 0 Å². The summed E-state index contributed by atoms with van der Waals surface area (Å²) in [7, 11) is 8.02. The van der Waals surface area contributed by atoms with Crippen molar-refractivity contribution in [2.75, 3.05) is 28.2 Å². The molecule has 0 saturated carbocycles. The summed E-state index contributed by atoms with van der Waals surface area (Å²) in [6, 6.07) is 10.6. The molecule has 1 heterocycles. The first kappa shape index (κ1) is 19.9. The summed E-state index contributed by atoms with van der Waals surface area (Å²) in [4.78, 5) is 13.4. The number of thiazole rings is 1. The van der Waals surface area contributed by atoms with E-state index >= 15 is 0 Å². The van der Waals surface area contributed by atoms with E-state index in [1.54, 1.807) is 11.3 Å². The highest BCUT2D eigenvalue weighted by molar-refractivity contribution is 14.0. The Morgan fingerprint density at radius 3 is 2.30 bits per heavy atom. The number of halogens is 1. The minimum Gasteiger partial charge on any atom is -0.349 e. The molecule has 2 aromatic rings. The van der Waals surface area contributed by atoms with Crippen LogP contribution in [0.5, 0.6) is 0 Å². The molecule has 0 fully saturated rings. The number of nitrogens with zero attached hydrogens (tertiary/aromatic N) is 4. The van der Waals surface area contributed by atoms with Gasteiger partial charge in [0.05, 0.1) is 17.2 Å². The summed E-state index contributed by atoms with van der Waals surface area (Å²) in [6.45, 7) is 0.632. The lowest BCUT2D eigenvalue weighted by atomic mass is 10.1. The van der Waals surface area contributed by atoms with E-state index in [-0.39, 0.29) is 24.0 Å². The average molecular weight is 444 g/mol. The SMILES string of the molecule is CN(C)C(=NCc1csc(CCc2ccccc2)n1)N(C)C.I. The highest BCUT2D eigenvalue weighted by atomic mass is 127. The first-order valence-electron chi connectivity index (χ1n) is 7.42. The first-order valence-corrected chi connectivity index (χ1v) is 8.30. The molecule has 0 spiro atoms. The van der Waals surface area contributed by atoms with Gasteiger partial charge in [-0.05, 0) is 12.0 Å². The predicted octanol–water partition coefficient (Wildman–Crippen LogP) is 3.53. The van der Waals surface area contributed by atoms with Gasteiger partial charge in [-0.15, -0.1) is 35.3 Å². The van der Waals surface area contributed by atoms with Crippen LogP contribution in [0.1, 0.15) is 16.3 Å². The van der Waals surface area contributed by atoms with Gasteiger partial charge in [-0.25, -0.2) is 9.98 Å². The molecule has 1 aromatic carbocycles. The molecule has 0 aliphatic rings. The van der Waals surface area contributed by atoms with E-state index in [4.69, 9.17) is 4.98 Å². The Labute approximate surface area is 160 Å². The van der Waals surface area contributed by atoms with Crippen molar-refractivity contribution in [1.82, 2.24) is 14.8 Å². The zero-order chi connectivity index (χ0) is 15.9. The summed E-state index contributed by atoms with van der Waals surface area (Å²) >= 11 is 1.73. The molecule has 6 heteroatoms. The number of aryl methyl sites for hydroxylation is 2. The lowest BCUT2D eigenvalue weighted by molar-refractivity contribution is 0.479. The van der Waals surface area contributed by atoms with Crippen LogP contribution >= 0.6 is 35.3 Å². The predicted molar refractivity (Wildman–Crippen MR) is 110 cm³/mol. The molecule has 0 amide bonds. The molecule has 0 saturated heterocycles. The fraction of sp³-hybridized carbons (Fsp3) is 0.412. The average Bonchev–Trinajstić information content (AvgIpc) is 2.93. The van der Waals surface area contributed by atoms with Crippen LogP contribution in [0, 0.1) is 0 Å². The van der Waals surface area contributed by atoms with Crippen molar-refractivity contribution < 1.29 is 0 Å². The molecule has 0 bridgehead atoms. The van der Waals surface area contributed by atoms with E-state index in [0.29, 0.717) is 6.54 Å². The van der Waals surface area contributed by atoms with Crippen molar-refractivity contribution in [2.45, 2.75) is 19.4 Å². The van der Waals surface area contributed by atoms with E-state index in [1.165, 1.54) is 10.6 Å². The van der Waals surface area contributed by atoms with E-state index in [0.717, 1.165) is 24.5 Å². The second kappa shape index (κ2) is 9.87. The van der Waals surface area contributed by atoms with Gasteiger partial charge in [0.1, 0.15) is 0 Å². The molecule has 0 unspecified atom stereocenters. The van der Waals surface area contributed by atoms with Gasteiger partial charge in [-0.2, -0.15) is 0 Å². The van der Waals surface area contributed by atoms with Crippen LogP contribution in [0.25, 0.3) is 0 Å². The standard InChI is InChI=1S/C17H24N4S.HI/c1-20(2)17(21(3)4)18-12-15-13-22-16(19-15)11-10-14-8-6-5-7-9-14;/h5-9,13H,10-12H2,1-4H3;1H. The van der Waals surface area contributed by atoms with Crippen LogP contribution in [0.15, 0.2) is 40.7 Å². The molecule has 2 rings (SSSR count). The van der Waals surface area contributed by atoms with Crippen molar-refractivity contribution in [2.24, 2.45) is 4.99 Å². The normalized spacial score (nSPS) is 9.91. The Hall–Kier alpha value is -1.15. The molecule has 1 aromatic heterocycles. The third-order valence-electron chi connectivity index (χ3n) is 3.25. The molecule has 0 radical (unpaired) electrons. The van der Waals surface area contributed by atoms with E-state index in [1.807, 2.05) is 38.0 Å². The van der Waals surface area contributed by atoms with Crippen LogP contribution < -0.4 is 0 Å². The van der Waals surface area contributed by atoms with Gasteiger partial charge in [-0.3, -0.25) is 0 Å². The number of aromatic nitrogens is 1. The number of guanidine groups is 1. The quantitative estimate of drug-likeness (QED) is 0.402. The van der Waals surface area contributed by atoms with Crippen molar-refractivity contribution in [3.8, 4) is 0 Å². The highest BCUT2D eigenvalue weighted by Crippen LogP contribution is 2.14. The third kappa shape index (κ3) is 6.47. The van der Waals surface area contributed by atoms with Gasteiger partial charge in [0.2, 0.25) is 0 Å². The summed E-state index contributed by atoms with van der Waals surface area (Å²) in [5.41, 5.74) is 2.41. The summed E-state index contributed by atoms with van der Waals surface area (Å²) in [5, 5.41) is 3.30. The van der Waals surface area contributed by atoms with Crippen LogP contribution in [-0.4, -0.2) is 48.9 Å². The maximum atomic E-state index is 4.69. The number of benzene rings is 1. The van der Waals surface area contributed by atoms with Gasteiger partial charge in [0, 0.05) is 40.0 Å². The second-order valence-corrected chi connectivity index (χ2v) is 6.57. The Morgan fingerprint density at radius 1 is 1.04 bits per heavy atom. The Morgan fingerprint density at radius 2 is 1.70 bits per heavy atom. The smallest absolute Gasteiger partial charge is 0.195 e. The monoisotopic (exact) mass is 444 g/mol. The molecular weight excluding hydrogens is 419 g/mol. The molecule has 0 atom stereocenters. The Bertz CT molecular complexity index is 598. The Balaban J connectivity index is 0.00000264. The minimum atomic E-state index is 0. The van der Waals surface area contributed by atoms with Crippen LogP contribution in [0.3, 0.4) is 0 Å². The van der Waals surface area contributed by atoms with Crippen LogP contribution in [-0.2, 0) is 19.4 Å². The highest BCUT2D eigenvalue weighted by Gasteiger charge is 2.06. The largest absolute Gasteiger partial charge is 0.349 e. The zero-order valence-electron chi connectivity index (χ0n) is 14.2. The summed E-state index contributed by atoms with van der Waals surface area (Å²) < 4.78 is 0. The third-order valence-corrected chi connectivity index (χ3v) is 4.21.